The summed E-state index contributed by atoms with van der Waals surface area (Å²) in [6, 6.07) is 63.3. The summed E-state index contributed by atoms with van der Waals surface area (Å²) in [5, 5.41) is 1.28. The number of pyridine rings is 4. The van der Waals surface area contributed by atoms with Crippen LogP contribution in [-0.2, 0) is 64.6 Å². The number of methoxy groups -OCH3 is 4. The summed E-state index contributed by atoms with van der Waals surface area (Å²) in [7, 11) is 6.05. The Morgan fingerprint density at radius 2 is 0.578 bits per heavy atom. The normalized spacial score (nSPS) is 11.1. The predicted octanol–water partition coefficient (Wildman–Crippen LogP) is 18.1. The molecular formula is C103H112Cl2FN5O24. The van der Waals surface area contributed by atoms with Gasteiger partial charge in [-0.2, -0.15) is 0 Å². The number of halogens is 3. The van der Waals surface area contributed by atoms with Crippen molar-refractivity contribution in [2.75, 3.05) is 61.4 Å². The van der Waals surface area contributed by atoms with E-state index < -0.39 is 28.4 Å². The Morgan fingerprint density at radius 1 is 0.304 bits per heavy atom. The van der Waals surface area contributed by atoms with Gasteiger partial charge in [0.05, 0.1) is 57.7 Å². The Hall–Kier alpha value is -14.5. The Kier molecular flexibility index (Phi) is 38.5. The molecule has 0 atom stereocenters. The lowest BCUT2D eigenvalue weighted by atomic mass is 10.1. The van der Waals surface area contributed by atoms with Crippen molar-refractivity contribution in [3.05, 3.63) is 329 Å². The molecule has 32 heteroatoms. The number of ether oxygens (including phenoxy) is 16. The van der Waals surface area contributed by atoms with E-state index in [-0.39, 0.29) is 92.1 Å². The second-order valence-corrected chi connectivity index (χ2v) is 33.4. The third-order valence-corrected chi connectivity index (χ3v) is 19.9. The number of aromatic nitrogens is 4. The first-order valence-corrected chi connectivity index (χ1v) is 43.7. The molecule has 135 heavy (non-hydrogen) atoms. The molecule has 0 saturated heterocycles. The minimum Gasteiger partial charge on any atom is -0.493 e. The highest BCUT2D eigenvalue weighted by Gasteiger charge is 2.29. The highest BCUT2D eigenvalue weighted by Crippen LogP contribution is 2.36. The Balaban J connectivity index is 0.000000202. The number of rotatable bonds is 40. The molecule has 0 saturated carbocycles. The maximum absolute atomic E-state index is 13.0. The molecular weight excluding hydrogens is 1780 g/mol. The number of hydrogen-bond donors (Lipinski definition) is 1. The zero-order valence-electron chi connectivity index (χ0n) is 78.0. The summed E-state index contributed by atoms with van der Waals surface area (Å²) in [5.41, 5.74) is 6.93. The van der Waals surface area contributed by atoms with E-state index in [1.54, 1.807) is 240 Å². The van der Waals surface area contributed by atoms with E-state index in [1.165, 1.54) is 83.1 Å². The average molecular weight is 1890 g/mol. The number of hydrogen-bond acceptors (Lipinski definition) is 25. The molecule has 29 nitrogen and oxygen atoms in total. The van der Waals surface area contributed by atoms with Gasteiger partial charge in [-0.1, -0.05) is 98.6 Å². The molecule has 0 aliphatic carbocycles. The summed E-state index contributed by atoms with van der Waals surface area (Å²) in [6.45, 7) is 20.8. The number of carbonyl (C=O) groups excluding carboxylic acids is 4. The molecule has 0 spiro atoms. The minimum atomic E-state index is -0.888. The number of esters is 4. The van der Waals surface area contributed by atoms with E-state index >= 15 is 0 Å². The van der Waals surface area contributed by atoms with Crippen molar-refractivity contribution < 1.29 is 99.4 Å². The lowest BCUT2D eigenvalue weighted by Crippen LogP contribution is -2.37. The van der Waals surface area contributed by atoms with Crippen molar-refractivity contribution in [2.24, 2.45) is 5.73 Å². The van der Waals surface area contributed by atoms with Crippen LogP contribution in [-0.4, -0.2) is 126 Å². The quantitative estimate of drug-likeness (QED) is 0.0275. The molecule has 0 amide bonds. The highest BCUT2D eigenvalue weighted by molar-refractivity contribution is 6.30. The fourth-order valence-electron chi connectivity index (χ4n) is 12.4. The summed E-state index contributed by atoms with van der Waals surface area (Å²) < 4.78 is 108. The lowest BCUT2D eigenvalue weighted by Gasteiger charge is -2.25. The summed E-state index contributed by atoms with van der Waals surface area (Å²) in [4.78, 5) is 97.1. The first-order valence-electron chi connectivity index (χ1n) is 42.9. The minimum absolute atomic E-state index is 0.0779. The van der Waals surface area contributed by atoms with Crippen LogP contribution in [0.3, 0.4) is 0 Å². The molecule has 0 aliphatic heterocycles. The van der Waals surface area contributed by atoms with Crippen LogP contribution in [0.4, 0.5) is 4.39 Å². The predicted molar refractivity (Wildman–Crippen MR) is 510 cm³/mol. The van der Waals surface area contributed by atoms with E-state index in [0.717, 1.165) is 22.3 Å². The van der Waals surface area contributed by atoms with Crippen molar-refractivity contribution in [3.8, 4) is 91.7 Å². The standard InChI is InChI=1S/2C26H28ClNO6.C26H29NO6.C25H27FN2O6/c1-5-25(30)34-26(2,3)17-33-22-11-8-20(15-23(22)31-4)28-13-12-18(14-24(28)29)16-32-21-9-6-19(27)7-10-21;1-5-25(30)34-26(2,3)17-33-22-11-10-20(14-23(22)31-4)28-13-12-21(15-24(28)29)32-16-18-6-8-19(27)9-7-18;1-5-25(29)33-26(2,3)18-32-22-12-11-20(15-23(22)30-4)27-14-13-21(16-24(27)28)31-17-19-9-7-6-8-10-19;1-25(2,34-24(30)14-27)16-33-21-9-8-19(12-22(21)31-3)28-11-10-20(13-23(28)29)32-15-17-4-6-18(26)7-5-17/h2*6-15H,5,16-17H2,1-4H3;6-16H,5,17-18H2,1-4H3;4-13H,14-16,27H2,1-3H3. The summed E-state index contributed by atoms with van der Waals surface area (Å²) in [6.07, 6.45) is 7.46. The van der Waals surface area contributed by atoms with Crippen molar-refractivity contribution >= 4 is 47.1 Å². The topological polar surface area (TPSA) is 330 Å². The zero-order chi connectivity index (χ0) is 98.0. The van der Waals surface area contributed by atoms with Crippen LogP contribution in [0.1, 0.15) is 118 Å². The molecule has 714 valence electrons. The van der Waals surface area contributed by atoms with Gasteiger partial charge in [0, 0.05) is 103 Å². The van der Waals surface area contributed by atoms with Crippen LogP contribution in [0.2, 0.25) is 10.0 Å². The largest absolute Gasteiger partial charge is 0.493 e. The SMILES string of the molecule is CCC(=O)OC(C)(C)COc1ccc(-n2ccc(COc3ccc(Cl)cc3)cc2=O)cc1OC.CCC(=O)OC(C)(C)COc1ccc(-n2ccc(OCc3ccc(Cl)cc3)cc2=O)cc1OC.CCC(=O)OC(C)(C)COc1ccc(-n2ccc(OCc3ccccc3)cc2=O)cc1OC.COc1cc(-n2ccc(OCc3ccc(F)cc3)cc2=O)ccc1OCC(C)(C)OC(=O)CN. The lowest BCUT2D eigenvalue weighted by molar-refractivity contribution is -0.159. The molecule has 0 aliphatic rings. The van der Waals surface area contributed by atoms with Crippen LogP contribution in [0.25, 0.3) is 22.7 Å². The fourth-order valence-corrected chi connectivity index (χ4v) is 12.6. The van der Waals surface area contributed by atoms with Crippen LogP contribution < -0.4 is 84.8 Å². The zero-order valence-corrected chi connectivity index (χ0v) is 79.5. The van der Waals surface area contributed by atoms with Crippen molar-refractivity contribution in [1.82, 2.24) is 18.3 Å². The Labute approximate surface area is 792 Å². The van der Waals surface area contributed by atoms with E-state index in [4.69, 9.17) is 105 Å². The molecule has 12 aromatic rings. The Morgan fingerprint density at radius 3 is 0.874 bits per heavy atom. The van der Waals surface area contributed by atoms with Crippen LogP contribution in [0.5, 0.6) is 69.0 Å². The molecule has 0 radical (unpaired) electrons. The van der Waals surface area contributed by atoms with Gasteiger partial charge in [0.15, 0.2) is 46.0 Å². The molecule has 0 bridgehead atoms. The van der Waals surface area contributed by atoms with Crippen LogP contribution in [0.15, 0.2) is 268 Å². The second-order valence-electron chi connectivity index (χ2n) is 32.5. The Bertz CT molecular complexity index is 5750. The number of carbonyl (C=O) groups is 4. The molecule has 0 fully saturated rings. The molecule has 0 unspecified atom stereocenters. The van der Waals surface area contributed by atoms with Gasteiger partial charge in [-0.05, 0) is 199 Å². The van der Waals surface area contributed by atoms with Gasteiger partial charge in [0.1, 0.15) is 104 Å². The number of nitrogens with two attached hydrogens (primary N) is 1. The maximum Gasteiger partial charge on any atom is 0.320 e. The van der Waals surface area contributed by atoms with Gasteiger partial charge < -0.3 is 81.5 Å². The molecule has 8 aromatic carbocycles. The van der Waals surface area contributed by atoms with E-state index in [0.29, 0.717) is 134 Å². The van der Waals surface area contributed by atoms with E-state index in [9.17, 15) is 42.7 Å². The number of benzene rings is 8. The molecule has 2 N–H and O–H groups in total. The van der Waals surface area contributed by atoms with Gasteiger partial charge in [-0.25, -0.2) is 4.39 Å². The smallest absolute Gasteiger partial charge is 0.320 e. The van der Waals surface area contributed by atoms with Crippen LogP contribution in [0, 0.1) is 5.82 Å². The number of nitrogens with zero attached hydrogens (tertiary/aromatic N) is 4. The summed E-state index contributed by atoms with van der Waals surface area (Å²) in [5.74, 6) is 3.93. The van der Waals surface area contributed by atoms with Gasteiger partial charge in [0.2, 0.25) is 0 Å². The van der Waals surface area contributed by atoms with Gasteiger partial charge in [0.25, 0.3) is 22.2 Å². The van der Waals surface area contributed by atoms with E-state index in [2.05, 4.69) is 0 Å². The highest BCUT2D eigenvalue weighted by atomic mass is 35.5. The van der Waals surface area contributed by atoms with Crippen molar-refractivity contribution in [1.29, 1.82) is 0 Å². The first kappa shape index (κ1) is 104. The van der Waals surface area contributed by atoms with Gasteiger partial charge in [-0.15, -0.1) is 0 Å². The first-order chi connectivity index (χ1) is 64.4. The molecule has 4 aromatic heterocycles. The third kappa shape index (κ3) is 33.0. The molecule has 12 rings (SSSR count). The molecule has 4 heterocycles. The van der Waals surface area contributed by atoms with Gasteiger partial charge in [-0.3, -0.25) is 56.6 Å². The third-order valence-electron chi connectivity index (χ3n) is 19.4. The van der Waals surface area contributed by atoms with Crippen LogP contribution >= 0.6 is 23.2 Å². The van der Waals surface area contributed by atoms with E-state index in [1.807, 2.05) is 48.5 Å². The fraction of sp³-hybridized carbons (Fsp3) is 0.301. The average Bonchev–Trinajstić information content (AvgIpc) is 0.822. The monoisotopic (exact) mass is 1890 g/mol. The maximum atomic E-state index is 13.0. The summed E-state index contributed by atoms with van der Waals surface area (Å²) >= 11 is 11.8. The second kappa shape index (κ2) is 49.8. The van der Waals surface area contributed by atoms with Crippen molar-refractivity contribution in [2.45, 2.75) is 144 Å². The van der Waals surface area contributed by atoms with Crippen molar-refractivity contribution in [3.63, 3.8) is 0 Å². The van der Waals surface area contributed by atoms with Gasteiger partial charge >= 0.3 is 23.9 Å².